The molecule has 0 saturated carbocycles. The molecule has 1 fully saturated rings. The minimum Gasteiger partial charge on any atom is -0.366 e. The fourth-order valence-electron chi connectivity index (χ4n) is 3.83. The first kappa shape index (κ1) is 20.9. The number of amides is 3. The zero-order valence-corrected chi connectivity index (χ0v) is 17.2. The summed E-state index contributed by atoms with van der Waals surface area (Å²) in [7, 11) is 0. The van der Waals surface area contributed by atoms with E-state index in [1.165, 1.54) is 31.5 Å². The number of benzene rings is 2. The Labute approximate surface area is 172 Å². The van der Waals surface area contributed by atoms with Crippen molar-refractivity contribution < 1.29 is 9.59 Å². The summed E-state index contributed by atoms with van der Waals surface area (Å²) in [5.41, 5.74) is 9.47. The summed E-state index contributed by atoms with van der Waals surface area (Å²) in [4.78, 5) is 26.0. The molecule has 2 aromatic carbocycles. The lowest BCUT2D eigenvalue weighted by atomic mass is 9.99. The van der Waals surface area contributed by atoms with Crippen LogP contribution in [0.4, 0.5) is 10.5 Å². The number of nitrogens with one attached hydrogen (secondary N) is 2. The van der Waals surface area contributed by atoms with Crippen molar-refractivity contribution in [3.05, 3.63) is 64.7 Å². The molecule has 0 aromatic heterocycles. The van der Waals surface area contributed by atoms with Crippen molar-refractivity contribution >= 4 is 17.6 Å². The van der Waals surface area contributed by atoms with Crippen molar-refractivity contribution in [1.29, 1.82) is 0 Å². The lowest BCUT2D eigenvalue weighted by Crippen LogP contribution is -2.33. The smallest absolute Gasteiger partial charge is 0.319 e. The first-order valence-corrected chi connectivity index (χ1v) is 10.2. The number of hydrogen-bond acceptors (Lipinski definition) is 3. The molecule has 1 aliphatic heterocycles. The Hall–Kier alpha value is -2.86. The highest BCUT2D eigenvalue weighted by molar-refractivity contribution is 5.95. The number of carbonyl (C=O) groups excluding carboxylic acids is 2. The van der Waals surface area contributed by atoms with Crippen LogP contribution < -0.4 is 16.4 Å². The second kappa shape index (κ2) is 9.56. The summed E-state index contributed by atoms with van der Waals surface area (Å²) in [6.45, 7) is 7.89. The van der Waals surface area contributed by atoms with Crippen LogP contribution in [0.1, 0.15) is 46.8 Å². The van der Waals surface area contributed by atoms with Crippen LogP contribution in [0, 0.1) is 12.8 Å². The maximum Gasteiger partial charge on any atom is 0.319 e. The molecule has 1 atom stereocenters. The third kappa shape index (κ3) is 6.06. The molecule has 0 unspecified atom stereocenters. The topological polar surface area (TPSA) is 87.5 Å². The third-order valence-electron chi connectivity index (χ3n) is 5.37. The number of anilines is 1. The van der Waals surface area contributed by atoms with E-state index in [0.29, 0.717) is 17.8 Å². The molecule has 1 heterocycles. The van der Waals surface area contributed by atoms with E-state index in [1.807, 2.05) is 0 Å². The van der Waals surface area contributed by atoms with Crippen LogP contribution in [-0.2, 0) is 13.1 Å². The van der Waals surface area contributed by atoms with Gasteiger partial charge in [0.15, 0.2) is 0 Å². The second-order valence-electron chi connectivity index (χ2n) is 8.00. The van der Waals surface area contributed by atoms with Crippen molar-refractivity contribution in [2.75, 3.05) is 18.4 Å². The summed E-state index contributed by atoms with van der Waals surface area (Å²) in [6.07, 6.45) is 2.61. The van der Waals surface area contributed by atoms with Gasteiger partial charge in [0, 0.05) is 30.9 Å². The standard InChI is InChI=1S/C23H30N4O2/c1-16-4-3-11-27(14-16)15-19-7-5-18(6-8-19)13-25-23(29)26-20-9-10-21(22(24)28)17(2)12-20/h5-10,12,16H,3-4,11,13-15H2,1-2H3,(H2,24,28)(H2,25,26,29)/t16-/m0/s1. The molecule has 154 valence electrons. The van der Waals surface area contributed by atoms with Crippen LogP contribution >= 0.6 is 0 Å². The number of nitrogens with two attached hydrogens (primary N) is 1. The number of nitrogens with zero attached hydrogens (tertiary/aromatic N) is 1. The van der Waals surface area contributed by atoms with Gasteiger partial charge in [-0.1, -0.05) is 31.2 Å². The average molecular weight is 395 g/mol. The summed E-state index contributed by atoms with van der Waals surface area (Å²) >= 11 is 0. The van der Waals surface area contributed by atoms with Gasteiger partial charge in [-0.2, -0.15) is 0 Å². The number of carbonyl (C=O) groups is 2. The maximum atomic E-state index is 12.2. The zero-order chi connectivity index (χ0) is 20.8. The van der Waals surface area contributed by atoms with Crippen LogP contribution in [0.2, 0.25) is 0 Å². The van der Waals surface area contributed by atoms with Crippen LogP contribution in [0.25, 0.3) is 0 Å². The summed E-state index contributed by atoms with van der Waals surface area (Å²) < 4.78 is 0. The van der Waals surface area contributed by atoms with Gasteiger partial charge in [-0.3, -0.25) is 9.69 Å². The Balaban J connectivity index is 1.47. The molecule has 0 radical (unpaired) electrons. The Morgan fingerprint density at radius 1 is 1.14 bits per heavy atom. The number of urea groups is 1. The third-order valence-corrected chi connectivity index (χ3v) is 5.37. The lowest BCUT2D eigenvalue weighted by molar-refractivity contribution is 0.0999. The number of aryl methyl sites for hydroxylation is 1. The highest BCUT2D eigenvalue weighted by Gasteiger charge is 2.16. The number of primary amides is 1. The van der Waals surface area contributed by atoms with Crippen molar-refractivity contribution in [2.24, 2.45) is 11.7 Å². The van der Waals surface area contributed by atoms with Gasteiger partial charge >= 0.3 is 6.03 Å². The van der Waals surface area contributed by atoms with Gasteiger partial charge in [0.25, 0.3) is 0 Å². The van der Waals surface area contributed by atoms with Gasteiger partial charge in [-0.15, -0.1) is 0 Å². The van der Waals surface area contributed by atoms with Gasteiger partial charge in [0.1, 0.15) is 0 Å². The maximum absolute atomic E-state index is 12.2. The van der Waals surface area contributed by atoms with E-state index in [0.717, 1.165) is 23.6 Å². The van der Waals surface area contributed by atoms with Crippen LogP contribution in [0.3, 0.4) is 0 Å². The largest absolute Gasteiger partial charge is 0.366 e. The molecule has 6 heteroatoms. The molecule has 1 aliphatic rings. The van der Waals surface area contributed by atoms with Gasteiger partial charge < -0.3 is 16.4 Å². The molecular formula is C23H30N4O2. The molecule has 6 nitrogen and oxygen atoms in total. The molecule has 2 aromatic rings. The van der Waals surface area contributed by atoms with E-state index in [9.17, 15) is 9.59 Å². The van der Waals surface area contributed by atoms with E-state index in [-0.39, 0.29) is 6.03 Å². The lowest BCUT2D eigenvalue weighted by Gasteiger charge is -2.30. The quantitative estimate of drug-likeness (QED) is 0.699. The van der Waals surface area contributed by atoms with Gasteiger partial charge in [-0.25, -0.2) is 4.79 Å². The molecule has 4 N–H and O–H groups in total. The number of rotatable bonds is 6. The predicted octanol–water partition coefficient (Wildman–Crippen LogP) is 3.65. The Kier molecular flexibility index (Phi) is 6.88. The van der Waals surface area contributed by atoms with Gasteiger partial charge in [0.05, 0.1) is 0 Å². The fourth-order valence-corrected chi connectivity index (χ4v) is 3.83. The first-order valence-electron chi connectivity index (χ1n) is 10.2. The van der Waals surface area contributed by atoms with Crippen LogP contribution in [0.15, 0.2) is 42.5 Å². The summed E-state index contributed by atoms with van der Waals surface area (Å²) in [6, 6.07) is 13.1. The Morgan fingerprint density at radius 3 is 2.52 bits per heavy atom. The minimum atomic E-state index is -0.475. The molecule has 0 bridgehead atoms. The Bertz CT molecular complexity index is 864. The molecule has 3 amide bonds. The number of likely N-dealkylation sites (tertiary alicyclic amines) is 1. The van der Waals surface area contributed by atoms with Gasteiger partial charge in [-0.05, 0) is 67.1 Å². The summed E-state index contributed by atoms with van der Waals surface area (Å²) in [5.74, 6) is 0.304. The normalized spacial score (nSPS) is 17.0. The molecule has 0 aliphatic carbocycles. The number of hydrogen-bond donors (Lipinski definition) is 3. The fraction of sp³-hybridized carbons (Fsp3) is 0.391. The SMILES string of the molecule is Cc1cc(NC(=O)NCc2ccc(CN3CCC[C@H](C)C3)cc2)ccc1C(N)=O. The second-order valence-corrected chi connectivity index (χ2v) is 8.00. The zero-order valence-electron chi connectivity index (χ0n) is 17.2. The highest BCUT2D eigenvalue weighted by atomic mass is 16.2. The first-order chi connectivity index (χ1) is 13.9. The Morgan fingerprint density at radius 2 is 1.86 bits per heavy atom. The van der Waals surface area contributed by atoms with Crippen LogP contribution in [0.5, 0.6) is 0 Å². The molecule has 29 heavy (non-hydrogen) atoms. The van der Waals surface area contributed by atoms with E-state index < -0.39 is 5.91 Å². The van der Waals surface area contributed by atoms with Crippen LogP contribution in [-0.4, -0.2) is 29.9 Å². The van der Waals surface area contributed by atoms with E-state index in [4.69, 9.17) is 5.73 Å². The van der Waals surface area contributed by atoms with Gasteiger partial charge in [0.2, 0.25) is 5.91 Å². The molecule has 3 rings (SSSR count). The predicted molar refractivity (Wildman–Crippen MR) is 116 cm³/mol. The van der Waals surface area contributed by atoms with Crippen molar-refractivity contribution in [2.45, 2.75) is 39.8 Å². The van der Waals surface area contributed by atoms with E-state index >= 15 is 0 Å². The van der Waals surface area contributed by atoms with E-state index in [2.05, 4.69) is 46.7 Å². The van der Waals surface area contributed by atoms with Crippen molar-refractivity contribution in [3.63, 3.8) is 0 Å². The van der Waals surface area contributed by atoms with Crippen molar-refractivity contribution in [3.8, 4) is 0 Å². The highest BCUT2D eigenvalue weighted by Crippen LogP contribution is 2.18. The summed E-state index contributed by atoms with van der Waals surface area (Å²) in [5, 5.41) is 5.64. The van der Waals surface area contributed by atoms with Crippen molar-refractivity contribution in [1.82, 2.24) is 10.2 Å². The minimum absolute atomic E-state index is 0.289. The monoisotopic (exact) mass is 394 g/mol. The van der Waals surface area contributed by atoms with E-state index in [1.54, 1.807) is 25.1 Å². The molecule has 0 spiro atoms. The molecule has 1 saturated heterocycles. The number of piperidine rings is 1. The molecular weight excluding hydrogens is 364 g/mol. The average Bonchev–Trinajstić information content (AvgIpc) is 2.67.